The molecule has 1 unspecified atom stereocenters. The van der Waals surface area contributed by atoms with Crippen LogP contribution in [0.5, 0.6) is 0 Å². The Kier molecular flexibility index (Phi) is 6.17. The van der Waals surface area contributed by atoms with Gasteiger partial charge in [-0.05, 0) is 41.5 Å². The van der Waals surface area contributed by atoms with Gasteiger partial charge in [-0.1, -0.05) is 55.5 Å². The first-order chi connectivity index (χ1) is 15.4. The van der Waals surface area contributed by atoms with Crippen molar-refractivity contribution in [3.8, 4) is 11.1 Å². The third-order valence-electron chi connectivity index (χ3n) is 6.70. The number of nitrogens with zero attached hydrogens (tertiary/aromatic N) is 1. The maximum atomic E-state index is 12.8. The van der Waals surface area contributed by atoms with Crippen molar-refractivity contribution in [1.82, 2.24) is 10.2 Å². The van der Waals surface area contributed by atoms with Gasteiger partial charge in [-0.2, -0.15) is 0 Å². The molecule has 168 valence electrons. The average molecular weight is 437 g/mol. The molecule has 1 fully saturated rings. The smallest absolute Gasteiger partial charge is 0.407 e. The van der Waals surface area contributed by atoms with Crippen LogP contribution in [-0.2, 0) is 14.3 Å². The van der Waals surface area contributed by atoms with E-state index < -0.39 is 24.0 Å². The third kappa shape index (κ3) is 4.07. The summed E-state index contributed by atoms with van der Waals surface area (Å²) in [6.45, 7) is 2.00. The van der Waals surface area contributed by atoms with Crippen molar-refractivity contribution in [3.05, 3.63) is 59.7 Å². The molecule has 4 rings (SSSR count). The van der Waals surface area contributed by atoms with Gasteiger partial charge >= 0.3 is 12.1 Å². The van der Waals surface area contributed by atoms with E-state index in [1.165, 1.54) is 0 Å². The lowest BCUT2D eigenvalue weighted by molar-refractivity contribution is -0.150. The number of ether oxygens (including phenoxy) is 1. The monoisotopic (exact) mass is 436 g/mol. The number of carbonyl (C=O) groups excluding carboxylic acids is 2. The Morgan fingerprint density at radius 2 is 1.62 bits per heavy atom. The number of aliphatic carboxylic acids is 1. The second-order valence-corrected chi connectivity index (χ2v) is 8.54. The lowest BCUT2D eigenvalue weighted by atomic mass is 9.79. The summed E-state index contributed by atoms with van der Waals surface area (Å²) in [5, 5.41) is 11.7. The van der Waals surface area contributed by atoms with E-state index in [9.17, 15) is 14.4 Å². The summed E-state index contributed by atoms with van der Waals surface area (Å²) in [5.41, 5.74) is 4.56. The highest BCUT2D eigenvalue weighted by atomic mass is 16.5. The zero-order valence-corrected chi connectivity index (χ0v) is 18.3. The van der Waals surface area contributed by atoms with Crippen LogP contribution in [0.15, 0.2) is 48.5 Å². The SMILES string of the molecule is CCC(NC(=O)OCC1c2ccccc2-c2ccccc21)C(=O)N(C)C1CC(C(=O)O)C1. The molecule has 0 aromatic heterocycles. The Hall–Kier alpha value is -3.35. The summed E-state index contributed by atoms with van der Waals surface area (Å²) in [4.78, 5) is 37.9. The van der Waals surface area contributed by atoms with Crippen LogP contribution in [-0.4, -0.2) is 53.7 Å². The molecule has 1 saturated carbocycles. The number of fused-ring (bicyclic) bond motifs is 3. The van der Waals surface area contributed by atoms with Crippen LogP contribution in [0.4, 0.5) is 4.79 Å². The topological polar surface area (TPSA) is 95.9 Å². The van der Waals surface area contributed by atoms with Crippen molar-refractivity contribution in [1.29, 1.82) is 0 Å². The van der Waals surface area contributed by atoms with Gasteiger partial charge < -0.3 is 20.1 Å². The van der Waals surface area contributed by atoms with E-state index in [1.54, 1.807) is 11.9 Å². The van der Waals surface area contributed by atoms with Gasteiger partial charge in [0.25, 0.3) is 0 Å². The summed E-state index contributed by atoms with van der Waals surface area (Å²) in [6.07, 6.45) is 0.679. The number of nitrogens with one attached hydrogen (secondary N) is 1. The molecule has 2 aromatic carbocycles. The first-order valence-electron chi connectivity index (χ1n) is 11.0. The Labute approximate surface area is 187 Å². The van der Waals surface area contributed by atoms with Crippen molar-refractivity contribution in [3.63, 3.8) is 0 Å². The van der Waals surface area contributed by atoms with Crippen molar-refractivity contribution in [2.24, 2.45) is 5.92 Å². The molecule has 0 radical (unpaired) electrons. The zero-order valence-electron chi connectivity index (χ0n) is 18.3. The number of hydrogen-bond donors (Lipinski definition) is 2. The highest BCUT2D eigenvalue weighted by Crippen LogP contribution is 2.44. The van der Waals surface area contributed by atoms with Crippen LogP contribution in [0.25, 0.3) is 11.1 Å². The highest BCUT2D eigenvalue weighted by Gasteiger charge is 2.40. The minimum absolute atomic E-state index is 0.0467. The number of likely N-dealkylation sites (N-methyl/N-ethyl adjacent to an activating group) is 1. The quantitative estimate of drug-likeness (QED) is 0.691. The largest absolute Gasteiger partial charge is 0.481 e. The lowest BCUT2D eigenvalue weighted by Gasteiger charge is -2.40. The first kappa shape index (κ1) is 21.9. The minimum Gasteiger partial charge on any atom is -0.481 e. The van der Waals surface area contributed by atoms with Gasteiger partial charge in [0.2, 0.25) is 5.91 Å². The fourth-order valence-corrected chi connectivity index (χ4v) is 4.65. The average Bonchev–Trinajstić information content (AvgIpc) is 3.08. The summed E-state index contributed by atoms with van der Waals surface area (Å²) >= 11 is 0. The van der Waals surface area contributed by atoms with Crippen molar-refractivity contribution >= 4 is 18.0 Å². The fourth-order valence-electron chi connectivity index (χ4n) is 4.65. The van der Waals surface area contributed by atoms with E-state index in [1.807, 2.05) is 31.2 Å². The second kappa shape index (κ2) is 9.02. The number of benzene rings is 2. The third-order valence-corrected chi connectivity index (χ3v) is 6.70. The predicted octanol–water partition coefficient (Wildman–Crippen LogP) is 3.63. The Morgan fingerprint density at radius 1 is 1.06 bits per heavy atom. The summed E-state index contributed by atoms with van der Waals surface area (Å²) in [7, 11) is 1.66. The van der Waals surface area contributed by atoms with Gasteiger partial charge in [-0.15, -0.1) is 0 Å². The molecule has 0 heterocycles. The van der Waals surface area contributed by atoms with E-state index in [-0.39, 0.29) is 24.5 Å². The number of carboxylic acid groups (broad SMARTS) is 1. The number of alkyl carbamates (subject to hydrolysis) is 1. The summed E-state index contributed by atoms with van der Waals surface area (Å²) in [5.74, 6) is -1.50. The van der Waals surface area contributed by atoms with Crippen molar-refractivity contribution in [2.75, 3.05) is 13.7 Å². The summed E-state index contributed by atoms with van der Waals surface area (Å²) < 4.78 is 5.55. The Morgan fingerprint density at radius 3 is 2.16 bits per heavy atom. The molecule has 1 atom stereocenters. The van der Waals surface area contributed by atoms with Gasteiger partial charge in [-0.25, -0.2) is 4.79 Å². The maximum Gasteiger partial charge on any atom is 0.407 e. The number of carboxylic acids is 1. The highest BCUT2D eigenvalue weighted by molar-refractivity contribution is 5.86. The molecule has 0 aliphatic heterocycles. The van der Waals surface area contributed by atoms with Crippen LogP contribution in [0.2, 0.25) is 0 Å². The van der Waals surface area contributed by atoms with Crippen molar-refractivity contribution in [2.45, 2.75) is 44.2 Å². The minimum atomic E-state index is -0.828. The molecule has 2 amide bonds. The van der Waals surface area contributed by atoms with Gasteiger partial charge in [0.1, 0.15) is 12.6 Å². The van der Waals surface area contributed by atoms with Crippen LogP contribution in [0, 0.1) is 5.92 Å². The molecule has 32 heavy (non-hydrogen) atoms. The van der Waals surface area contributed by atoms with Crippen LogP contribution < -0.4 is 5.32 Å². The Bertz CT molecular complexity index is 985. The molecule has 0 bridgehead atoms. The van der Waals surface area contributed by atoms with E-state index >= 15 is 0 Å². The number of carbonyl (C=O) groups is 3. The van der Waals surface area contributed by atoms with Gasteiger partial charge in [0, 0.05) is 19.0 Å². The number of hydrogen-bond acceptors (Lipinski definition) is 4. The van der Waals surface area contributed by atoms with Gasteiger partial charge in [0.15, 0.2) is 0 Å². The molecule has 7 heteroatoms. The molecule has 2 N–H and O–H groups in total. The van der Waals surface area contributed by atoms with Crippen LogP contribution >= 0.6 is 0 Å². The number of rotatable bonds is 7. The van der Waals surface area contributed by atoms with Gasteiger partial charge in [-0.3, -0.25) is 9.59 Å². The molecule has 2 aliphatic rings. The number of amides is 2. The zero-order chi connectivity index (χ0) is 22.8. The van der Waals surface area contributed by atoms with Crippen LogP contribution in [0.1, 0.15) is 43.2 Å². The molecule has 7 nitrogen and oxygen atoms in total. The fraction of sp³-hybridized carbons (Fsp3) is 0.400. The van der Waals surface area contributed by atoms with Gasteiger partial charge in [0.05, 0.1) is 5.92 Å². The lowest BCUT2D eigenvalue weighted by Crippen LogP contribution is -2.54. The second-order valence-electron chi connectivity index (χ2n) is 8.54. The molecule has 2 aliphatic carbocycles. The molecular weight excluding hydrogens is 408 g/mol. The summed E-state index contributed by atoms with van der Waals surface area (Å²) in [6, 6.07) is 15.4. The molecular formula is C25H28N2O5. The molecule has 0 spiro atoms. The Balaban J connectivity index is 1.35. The first-order valence-corrected chi connectivity index (χ1v) is 11.0. The molecule has 2 aromatic rings. The van der Waals surface area contributed by atoms with E-state index in [0.717, 1.165) is 22.3 Å². The van der Waals surface area contributed by atoms with E-state index in [0.29, 0.717) is 19.3 Å². The van der Waals surface area contributed by atoms with E-state index in [4.69, 9.17) is 9.84 Å². The predicted molar refractivity (Wildman–Crippen MR) is 119 cm³/mol. The van der Waals surface area contributed by atoms with E-state index in [2.05, 4.69) is 29.6 Å². The standard InChI is InChI=1S/C25H28N2O5/c1-3-22(23(28)27(2)16-12-15(13-16)24(29)30)26-25(31)32-14-21-19-10-6-4-8-17(19)18-9-5-7-11-20(18)21/h4-11,15-16,21-22H,3,12-14H2,1-2H3,(H,26,31)(H,29,30). The molecule has 0 saturated heterocycles. The normalized spacial score (nSPS) is 19.8. The van der Waals surface area contributed by atoms with Crippen LogP contribution in [0.3, 0.4) is 0 Å². The van der Waals surface area contributed by atoms with Crippen molar-refractivity contribution < 1.29 is 24.2 Å². The maximum absolute atomic E-state index is 12.8.